The Morgan fingerprint density at radius 1 is 1.55 bits per heavy atom. The molecule has 0 unspecified atom stereocenters. The van der Waals surface area contributed by atoms with E-state index in [4.69, 9.17) is 9.79 Å². The normalized spacial score (nSPS) is 11.1. The fraction of sp³-hybridized carbons (Fsp3) is 0. The van der Waals surface area contributed by atoms with E-state index in [1.165, 1.54) is 18.3 Å². The average Bonchev–Trinajstić information content (AvgIpc) is 1.85. The lowest BCUT2D eigenvalue weighted by atomic mass is 10.6. The monoisotopic (exact) mass is 176 g/mol. The van der Waals surface area contributed by atoms with Crippen LogP contribution in [0.25, 0.3) is 0 Å². The Kier molecular flexibility index (Phi) is 2.19. The number of aromatic nitrogens is 2. The van der Waals surface area contributed by atoms with Crippen LogP contribution in [0.15, 0.2) is 18.3 Å². The van der Waals surface area contributed by atoms with Gasteiger partial charge >= 0.3 is 7.82 Å². The first-order chi connectivity index (χ1) is 5.08. The van der Waals surface area contributed by atoms with Crippen molar-refractivity contribution in [3.63, 3.8) is 0 Å². The molecule has 11 heavy (non-hydrogen) atoms. The number of hydrogen-bond donors (Lipinski definition) is 2. The van der Waals surface area contributed by atoms with E-state index < -0.39 is 7.82 Å². The molecule has 0 amide bonds. The van der Waals surface area contributed by atoms with E-state index >= 15 is 0 Å². The molecule has 0 saturated carbocycles. The molecular weight excluding hydrogens is 171 g/mol. The molecule has 7 heteroatoms. The molecule has 0 aliphatic heterocycles. The summed E-state index contributed by atoms with van der Waals surface area (Å²) in [6, 6.07) is 2.75. The first-order valence-corrected chi connectivity index (χ1v) is 4.14. The lowest BCUT2D eigenvalue weighted by molar-refractivity contribution is 0.278. The minimum absolute atomic E-state index is 0.194. The van der Waals surface area contributed by atoms with Crippen molar-refractivity contribution in [1.82, 2.24) is 10.2 Å². The van der Waals surface area contributed by atoms with Crippen LogP contribution in [0.4, 0.5) is 0 Å². The maximum atomic E-state index is 10.2. The highest BCUT2D eigenvalue weighted by Gasteiger charge is 2.16. The van der Waals surface area contributed by atoms with Crippen LogP contribution in [0.5, 0.6) is 5.88 Å². The highest BCUT2D eigenvalue weighted by atomic mass is 31.2. The summed E-state index contributed by atoms with van der Waals surface area (Å²) in [5.41, 5.74) is 0. The van der Waals surface area contributed by atoms with Crippen molar-refractivity contribution in [3.05, 3.63) is 18.3 Å². The molecule has 60 valence electrons. The van der Waals surface area contributed by atoms with Crippen molar-refractivity contribution in [2.75, 3.05) is 0 Å². The predicted octanol–water partition coefficient (Wildman–Crippen LogP) is -0.0519. The zero-order chi connectivity index (χ0) is 8.32. The molecule has 1 aromatic rings. The Morgan fingerprint density at radius 3 is 2.73 bits per heavy atom. The van der Waals surface area contributed by atoms with E-state index in [-0.39, 0.29) is 5.88 Å². The van der Waals surface area contributed by atoms with Crippen LogP contribution >= 0.6 is 7.82 Å². The van der Waals surface area contributed by atoms with Crippen LogP contribution in [0.1, 0.15) is 0 Å². The molecule has 0 spiro atoms. The molecule has 0 aliphatic carbocycles. The van der Waals surface area contributed by atoms with E-state index in [0.717, 1.165) is 0 Å². The maximum Gasteiger partial charge on any atom is 0.526 e. The zero-order valence-corrected chi connectivity index (χ0v) is 6.18. The molecule has 0 aliphatic rings. The second-order valence-corrected chi connectivity index (χ2v) is 2.81. The van der Waals surface area contributed by atoms with E-state index in [2.05, 4.69) is 14.7 Å². The zero-order valence-electron chi connectivity index (χ0n) is 5.28. The number of rotatable bonds is 2. The first kappa shape index (κ1) is 8.13. The van der Waals surface area contributed by atoms with Crippen LogP contribution in [0.2, 0.25) is 0 Å². The summed E-state index contributed by atoms with van der Waals surface area (Å²) < 4.78 is 14.3. The van der Waals surface area contributed by atoms with Gasteiger partial charge in [0.2, 0.25) is 5.88 Å². The van der Waals surface area contributed by atoms with Crippen LogP contribution < -0.4 is 4.52 Å². The van der Waals surface area contributed by atoms with E-state index in [0.29, 0.717) is 0 Å². The van der Waals surface area contributed by atoms with Crippen molar-refractivity contribution >= 4 is 7.82 Å². The quantitative estimate of drug-likeness (QED) is 0.613. The smallest absolute Gasteiger partial charge is 0.384 e. The predicted molar refractivity (Wildman–Crippen MR) is 34.7 cm³/mol. The number of phosphoric acid groups is 1. The second kappa shape index (κ2) is 2.96. The largest absolute Gasteiger partial charge is 0.526 e. The van der Waals surface area contributed by atoms with Gasteiger partial charge in [-0.05, 0) is 6.07 Å². The van der Waals surface area contributed by atoms with Crippen LogP contribution in [-0.2, 0) is 4.57 Å². The summed E-state index contributed by atoms with van der Waals surface area (Å²) in [5.74, 6) is -0.194. The van der Waals surface area contributed by atoms with Crippen molar-refractivity contribution in [2.24, 2.45) is 0 Å². The van der Waals surface area contributed by atoms with E-state index in [1.807, 2.05) is 0 Å². The van der Waals surface area contributed by atoms with Gasteiger partial charge in [0.15, 0.2) is 0 Å². The molecule has 1 heterocycles. The van der Waals surface area contributed by atoms with Crippen molar-refractivity contribution in [2.45, 2.75) is 0 Å². The SMILES string of the molecule is O=P(O)(O)Oc1cccnn1. The topological polar surface area (TPSA) is 92.5 Å². The highest BCUT2D eigenvalue weighted by molar-refractivity contribution is 7.46. The maximum absolute atomic E-state index is 10.2. The average molecular weight is 176 g/mol. The van der Waals surface area contributed by atoms with Gasteiger partial charge in [0.1, 0.15) is 0 Å². The van der Waals surface area contributed by atoms with Gasteiger partial charge in [-0.25, -0.2) is 4.57 Å². The van der Waals surface area contributed by atoms with Crippen molar-refractivity contribution in [3.8, 4) is 5.88 Å². The van der Waals surface area contributed by atoms with Crippen LogP contribution in [0, 0.1) is 0 Å². The number of phosphoric ester groups is 1. The molecule has 0 saturated heterocycles. The minimum Gasteiger partial charge on any atom is -0.384 e. The molecule has 0 radical (unpaired) electrons. The summed E-state index contributed by atoms with van der Waals surface area (Å²) >= 11 is 0. The molecule has 0 atom stereocenters. The third-order valence-corrected chi connectivity index (χ3v) is 1.19. The molecular formula is C4H5N2O4P. The summed E-state index contributed by atoms with van der Waals surface area (Å²) in [6.07, 6.45) is 1.37. The fourth-order valence-corrected chi connectivity index (χ4v) is 0.799. The Bertz CT molecular complexity index is 271. The minimum atomic E-state index is -4.49. The van der Waals surface area contributed by atoms with Crippen LogP contribution in [0.3, 0.4) is 0 Å². The molecule has 1 rings (SSSR count). The Hall–Kier alpha value is -0.970. The summed E-state index contributed by atoms with van der Waals surface area (Å²) in [4.78, 5) is 16.6. The van der Waals surface area contributed by atoms with Gasteiger partial charge in [-0.15, -0.1) is 5.10 Å². The highest BCUT2D eigenvalue weighted by Crippen LogP contribution is 2.35. The lowest BCUT2D eigenvalue weighted by Gasteiger charge is -2.02. The van der Waals surface area contributed by atoms with Gasteiger partial charge in [-0.3, -0.25) is 9.79 Å². The summed E-state index contributed by atoms with van der Waals surface area (Å²) in [7, 11) is -4.49. The van der Waals surface area contributed by atoms with Crippen molar-refractivity contribution < 1.29 is 18.9 Å². The van der Waals surface area contributed by atoms with Gasteiger partial charge in [-0.1, -0.05) is 0 Å². The Labute approximate surface area is 62.1 Å². The van der Waals surface area contributed by atoms with Crippen molar-refractivity contribution in [1.29, 1.82) is 0 Å². The lowest BCUT2D eigenvalue weighted by Crippen LogP contribution is -1.93. The third-order valence-electron chi connectivity index (χ3n) is 0.760. The molecule has 1 aromatic heterocycles. The molecule has 0 aromatic carbocycles. The number of hydrogen-bond acceptors (Lipinski definition) is 4. The van der Waals surface area contributed by atoms with Gasteiger partial charge in [0, 0.05) is 12.3 Å². The van der Waals surface area contributed by atoms with E-state index in [9.17, 15) is 4.57 Å². The van der Waals surface area contributed by atoms with Gasteiger partial charge in [0.25, 0.3) is 0 Å². The number of nitrogens with zero attached hydrogens (tertiary/aromatic N) is 2. The molecule has 0 bridgehead atoms. The van der Waals surface area contributed by atoms with Gasteiger partial charge in [0.05, 0.1) is 0 Å². The Balaban J connectivity index is 2.74. The third kappa shape index (κ3) is 3.08. The molecule has 6 nitrogen and oxygen atoms in total. The summed E-state index contributed by atoms with van der Waals surface area (Å²) in [5, 5.41) is 6.65. The standard InChI is InChI=1S/C4H5N2O4P/c7-11(8,9)10-4-2-1-3-5-6-4/h1-3H,(H2,7,8,9). The van der Waals surface area contributed by atoms with Gasteiger partial charge in [-0.2, -0.15) is 5.10 Å². The van der Waals surface area contributed by atoms with E-state index in [1.54, 1.807) is 0 Å². The summed E-state index contributed by atoms with van der Waals surface area (Å²) in [6.45, 7) is 0. The fourth-order valence-electron chi connectivity index (χ4n) is 0.458. The Morgan fingerprint density at radius 2 is 2.27 bits per heavy atom. The van der Waals surface area contributed by atoms with Crippen LogP contribution in [-0.4, -0.2) is 20.0 Å². The molecule has 0 fully saturated rings. The molecule has 2 N–H and O–H groups in total. The second-order valence-electron chi connectivity index (χ2n) is 1.64. The van der Waals surface area contributed by atoms with Gasteiger partial charge < -0.3 is 4.52 Å². The first-order valence-electron chi connectivity index (χ1n) is 2.61.